The second-order valence-electron chi connectivity index (χ2n) is 6.75. The highest BCUT2D eigenvalue weighted by molar-refractivity contribution is 7.92. The molecule has 1 aliphatic heterocycles. The summed E-state index contributed by atoms with van der Waals surface area (Å²) in [5.41, 5.74) is 2.75. The molecule has 3 aromatic rings. The molecule has 28 heavy (non-hydrogen) atoms. The summed E-state index contributed by atoms with van der Waals surface area (Å²) in [7, 11) is -3.49. The van der Waals surface area contributed by atoms with Crippen LogP contribution in [0.4, 0.5) is 0 Å². The molecule has 1 aliphatic rings. The minimum absolute atomic E-state index is 0.134. The maximum absolute atomic E-state index is 12.8. The van der Waals surface area contributed by atoms with Crippen molar-refractivity contribution in [3.63, 3.8) is 0 Å². The summed E-state index contributed by atoms with van der Waals surface area (Å²) in [6.07, 6.45) is 0.434. The Labute approximate surface area is 173 Å². The van der Waals surface area contributed by atoms with E-state index in [0.717, 1.165) is 11.1 Å². The van der Waals surface area contributed by atoms with Crippen molar-refractivity contribution < 1.29 is 13.2 Å². The number of amides is 1. The van der Waals surface area contributed by atoms with Crippen LogP contribution < -0.4 is 0 Å². The molecular formula is C21H18ClNO3S2. The topological polar surface area (TPSA) is 54.5 Å². The maximum atomic E-state index is 12.8. The molecule has 7 heteroatoms. The van der Waals surface area contributed by atoms with Gasteiger partial charge in [0, 0.05) is 23.7 Å². The fraction of sp³-hybridized carbons (Fsp3) is 0.190. The molecule has 0 unspecified atom stereocenters. The number of rotatable bonds is 4. The molecule has 0 spiro atoms. The zero-order chi connectivity index (χ0) is 19.7. The zero-order valence-electron chi connectivity index (χ0n) is 14.9. The first-order valence-electron chi connectivity index (χ1n) is 8.86. The van der Waals surface area contributed by atoms with E-state index in [9.17, 15) is 13.2 Å². The summed E-state index contributed by atoms with van der Waals surface area (Å²) in [5, 5.41) is 3.97. The van der Waals surface area contributed by atoms with Crippen molar-refractivity contribution in [3.05, 3.63) is 75.9 Å². The van der Waals surface area contributed by atoms with Crippen molar-refractivity contribution in [3.8, 4) is 11.1 Å². The van der Waals surface area contributed by atoms with Gasteiger partial charge < -0.3 is 4.90 Å². The third-order valence-corrected chi connectivity index (χ3v) is 8.13. The van der Waals surface area contributed by atoms with Crippen LogP contribution in [0.3, 0.4) is 0 Å². The van der Waals surface area contributed by atoms with Crippen LogP contribution in [0, 0.1) is 0 Å². The normalized spacial score (nSPS) is 17.0. The Bertz CT molecular complexity index is 1080. The number of carbonyl (C=O) groups excluding carboxylic acids is 1. The standard InChI is InChI=1S/C21H18ClNO3S2/c22-18-5-7-19(8-6-18)28(25,26)20-9-11-23(13-20)21(24)16-3-1-15(2-4-16)17-10-12-27-14-17/h1-8,10,12,14,20H,9,11,13H2/t20-/m0/s1. The monoisotopic (exact) mass is 431 g/mol. The smallest absolute Gasteiger partial charge is 0.253 e. The molecule has 2 heterocycles. The number of sulfone groups is 1. The molecule has 0 aliphatic carbocycles. The van der Waals surface area contributed by atoms with E-state index >= 15 is 0 Å². The average Bonchev–Trinajstić information content (AvgIpc) is 3.40. The predicted molar refractivity (Wildman–Crippen MR) is 113 cm³/mol. The third kappa shape index (κ3) is 3.72. The van der Waals surface area contributed by atoms with Gasteiger partial charge in [-0.15, -0.1) is 0 Å². The molecule has 144 valence electrons. The SMILES string of the molecule is O=C(c1ccc(-c2ccsc2)cc1)N1CC[C@H](S(=O)(=O)c2ccc(Cl)cc2)C1. The van der Waals surface area contributed by atoms with E-state index in [0.29, 0.717) is 23.6 Å². The summed E-state index contributed by atoms with van der Waals surface area (Å²) >= 11 is 7.48. The summed E-state index contributed by atoms with van der Waals surface area (Å²) in [4.78, 5) is 14.7. The molecule has 1 amide bonds. The van der Waals surface area contributed by atoms with Crippen molar-refractivity contribution >= 4 is 38.7 Å². The van der Waals surface area contributed by atoms with E-state index in [1.54, 1.807) is 40.5 Å². The van der Waals surface area contributed by atoms with Gasteiger partial charge in [0.1, 0.15) is 0 Å². The highest BCUT2D eigenvalue weighted by Crippen LogP contribution is 2.27. The molecule has 2 aromatic carbocycles. The van der Waals surface area contributed by atoms with Crippen LogP contribution in [0.15, 0.2) is 70.3 Å². The molecule has 1 saturated heterocycles. The van der Waals surface area contributed by atoms with Gasteiger partial charge in [-0.2, -0.15) is 11.3 Å². The van der Waals surface area contributed by atoms with E-state index in [4.69, 9.17) is 11.6 Å². The van der Waals surface area contributed by atoms with Crippen LogP contribution in [-0.4, -0.2) is 37.6 Å². The fourth-order valence-electron chi connectivity index (χ4n) is 3.40. The largest absolute Gasteiger partial charge is 0.337 e. The second kappa shape index (κ2) is 7.70. The molecule has 4 nitrogen and oxygen atoms in total. The quantitative estimate of drug-likeness (QED) is 0.598. The van der Waals surface area contributed by atoms with Crippen LogP contribution in [0.25, 0.3) is 11.1 Å². The Kier molecular flexibility index (Phi) is 5.27. The van der Waals surface area contributed by atoms with E-state index < -0.39 is 15.1 Å². The molecule has 1 aromatic heterocycles. The van der Waals surface area contributed by atoms with Crippen LogP contribution >= 0.6 is 22.9 Å². The second-order valence-corrected chi connectivity index (χ2v) is 10.2. The van der Waals surface area contributed by atoms with E-state index in [1.165, 1.54) is 12.1 Å². The Morgan fingerprint density at radius 3 is 2.36 bits per heavy atom. The van der Waals surface area contributed by atoms with Crippen LogP contribution in [0.5, 0.6) is 0 Å². The fourth-order valence-corrected chi connectivity index (χ4v) is 5.88. The van der Waals surface area contributed by atoms with Crippen molar-refractivity contribution in [2.24, 2.45) is 0 Å². The number of hydrogen-bond donors (Lipinski definition) is 0. The summed E-state index contributed by atoms with van der Waals surface area (Å²) in [6, 6.07) is 15.7. The number of likely N-dealkylation sites (tertiary alicyclic amines) is 1. The zero-order valence-corrected chi connectivity index (χ0v) is 17.3. The highest BCUT2D eigenvalue weighted by atomic mass is 35.5. The molecule has 4 rings (SSSR count). The average molecular weight is 432 g/mol. The molecule has 0 saturated carbocycles. The van der Waals surface area contributed by atoms with Gasteiger partial charge in [0.05, 0.1) is 10.1 Å². The van der Waals surface area contributed by atoms with Gasteiger partial charge in [-0.1, -0.05) is 23.7 Å². The summed E-state index contributed by atoms with van der Waals surface area (Å²) in [6.45, 7) is 0.638. The predicted octanol–water partition coefficient (Wildman–Crippen LogP) is 4.76. The molecule has 0 bridgehead atoms. The first kappa shape index (κ1) is 19.2. The van der Waals surface area contributed by atoms with Gasteiger partial charge in [-0.3, -0.25) is 4.79 Å². The van der Waals surface area contributed by atoms with Crippen molar-refractivity contribution in [2.75, 3.05) is 13.1 Å². The summed E-state index contributed by atoms with van der Waals surface area (Å²) < 4.78 is 25.7. The number of thiophene rings is 1. The number of benzene rings is 2. The van der Waals surface area contributed by atoms with Gasteiger partial charge in [0.2, 0.25) is 0 Å². The Morgan fingerprint density at radius 2 is 1.71 bits per heavy atom. The number of nitrogens with zero attached hydrogens (tertiary/aromatic N) is 1. The third-order valence-electron chi connectivity index (χ3n) is 5.00. The lowest BCUT2D eigenvalue weighted by atomic mass is 10.1. The van der Waals surface area contributed by atoms with E-state index in [-0.39, 0.29) is 17.3 Å². The van der Waals surface area contributed by atoms with Crippen molar-refractivity contribution in [1.82, 2.24) is 4.90 Å². The number of carbonyl (C=O) groups is 1. The van der Waals surface area contributed by atoms with Crippen molar-refractivity contribution in [1.29, 1.82) is 0 Å². The minimum Gasteiger partial charge on any atom is -0.337 e. The number of hydrogen-bond acceptors (Lipinski definition) is 4. The van der Waals surface area contributed by atoms with Crippen LogP contribution in [0.2, 0.25) is 5.02 Å². The molecule has 1 atom stereocenters. The van der Waals surface area contributed by atoms with Gasteiger partial charge in [0.15, 0.2) is 9.84 Å². The number of halogens is 1. The van der Waals surface area contributed by atoms with Gasteiger partial charge in [-0.25, -0.2) is 8.42 Å². The van der Waals surface area contributed by atoms with Crippen LogP contribution in [0.1, 0.15) is 16.8 Å². The van der Waals surface area contributed by atoms with Crippen LogP contribution in [-0.2, 0) is 9.84 Å². The first-order chi connectivity index (χ1) is 13.4. The van der Waals surface area contributed by atoms with E-state index in [2.05, 4.69) is 5.38 Å². The van der Waals surface area contributed by atoms with Gasteiger partial charge in [-0.05, 0) is 70.8 Å². The molecule has 0 N–H and O–H groups in total. The molecule has 1 fully saturated rings. The Morgan fingerprint density at radius 1 is 1.00 bits per heavy atom. The minimum atomic E-state index is -3.49. The van der Waals surface area contributed by atoms with Gasteiger partial charge >= 0.3 is 0 Å². The Balaban J connectivity index is 1.47. The lowest BCUT2D eigenvalue weighted by Crippen LogP contribution is -2.31. The summed E-state index contributed by atoms with van der Waals surface area (Å²) in [5.74, 6) is -0.134. The molecular weight excluding hydrogens is 414 g/mol. The highest BCUT2D eigenvalue weighted by Gasteiger charge is 2.36. The lowest BCUT2D eigenvalue weighted by molar-refractivity contribution is 0.0793. The molecule has 0 radical (unpaired) electrons. The lowest BCUT2D eigenvalue weighted by Gasteiger charge is -2.17. The van der Waals surface area contributed by atoms with Gasteiger partial charge in [0.25, 0.3) is 5.91 Å². The van der Waals surface area contributed by atoms with E-state index in [1.807, 2.05) is 23.6 Å². The Hall–Kier alpha value is -2.15. The maximum Gasteiger partial charge on any atom is 0.253 e. The first-order valence-corrected chi connectivity index (χ1v) is 11.7. The van der Waals surface area contributed by atoms with Crippen molar-refractivity contribution in [2.45, 2.75) is 16.6 Å².